The van der Waals surface area contributed by atoms with Gasteiger partial charge < -0.3 is 20.1 Å². The predicted molar refractivity (Wildman–Crippen MR) is 95.0 cm³/mol. The molecule has 0 radical (unpaired) electrons. The Morgan fingerprint density at radius 2 is 2.11 bits per heavy atom. The third-order valence-electron chi connectivity index (χ3n) is 5.55. The Bertz CT molecular complexity index is 921. The van der Waals surface area contributed by atoms with E-state index in [4.69, 9.17) is 9.47 Å². The quantitative estimate of drug-likeness (QED) is 0.731. The van der Waals surface area contributed by atoms with E-state index in [9.17, 15) is 19.6 Å². The highest BCUT2D eigenvalue weighted by atomic mass is 16.7. The molecular formula is C19H20N4O5. The number of benzene rings is 1. The molecule has 1 aromatic rings. The van der Waals surface area contributed by atoms with E-state index in [0.29, 0.717) is 17.1 Å². The lowest BCUT2D eigenvalue weighted by atomic mass is 9.91. The van der Waals surface area contributed by atoms with Crippen LogP contribution in [0.1, 0.15) is 32.3 Å². The number of rotatable bonds is 5. The molecule has 2 heterocycles. The first-order chi connectivity index (χ1) is 13.3. The maximum absolute atomic E-state index is 13.0. The number of amides is 4. The van der Waals surface area contributed by atoms with Crippen molar-refractivity contribution >= 4 is 17.8 Å². The van der Waals surface area contributed by atoms with Gasteiger partial charge in [0.15, 0.2) is 11.5 Å². The van der Waals surface area contributed by atoms with Gasteiger partial charge in [-0.2, -0.15) is 5.26 Å². The van der Waals surface area contributed by atoms with Gasteiger partial charge in [-0.05, 0) is 50.3 Å². The van der Waals surface area contributed by atoms with Crippen LogP contribution in [0, 0.1) is 17.2 Å². The van der Waals surface area contributed by atoms with Crippen LogP contribution in [-0.4, -0.2) is 41.6 Å². The Morgan fingerprint density at radius 1 is 1.39 bits per heavy atom. The number of nitriles is 1. The summed E-state index contributed by atoms with van der Waals surface area (Å²) in [7, 11) is 0. The number of carbonyl (C=O) groups excluding carboxylic acids is 3. The minimum absolute atomic E-state index is 0.0980. The van der Waals surface area contributed by atoms with E-state index in [1.807, 2.05) is 0 Å². The lowest BCUT2D eigenvalue weighted by Crippen LogP contribution is -2.51. The van der Waals surface area contributed by atoms with Crippen LogP contribution in [0.3, 0.4) is 0 Å². The minimum atomic E-state index is -1.33. The summed E-state index contributed by atoms with van der Waals surface area (Å²) in [5, 5.41) is 14.7. The maximum Gasteiger partial charge on any atom is 0.325 e. The van der Waals surface area contributed by atoms with Crippen molar-refractivity contribution in [3.63, 3.8) is 0 Å². The van der Waals surface area contributed by atoms with Crippen molar-refractivity contribution in [1.29, 1.82) is 5.26 Å². The molecule has 1 aromatic carbocycles. The Labute approximate surface area is 161 Å². The largest absolute Gasteiger partial charge is 0.454 e. The van der Waals surface area contributed by atoms with Gasteiger partial charge in [-0.15, -0.1) is 0 Å². The van der Waals surface area contributed by atoms with Crippen LogP contribution in [-0.2, 0) is 15.1 Å². The van der Waals surface area contributed by atoms with E-state index in [2.05, 4.69) is 16.7 Å². The zero-order valence-corrected chi connectivity index (χ0v) is 15.6. The molecule has 3 aliphatic rings. The summed E-state index contributed by atoms with van der Waals surface area (Å²) in [6, 6.07) is 6.45. The topological polar surface area (TPSA) is 121 Å². The highest BCUT2D eigenvalue weighted by Gasteiger charge is 2.50. The Hall–Kier alpha value is -3.28. The van der Waals surface area contributed by atoms with Gasteiger partial charge >= 0.3 is 6.03 Å². The number of urea groups is 1. The number of imide groups is 1. The second-order valence-corrected chi connectivity index (χ2v) is 7.65. The molecule has 0 aromatic heterocycles. The fourth-order valence-corrected chi connectivity index (χ4v) is 3.60. The van der Waals surface area contributed by atoms with Crippen molar-refractivity contribution in [2.24, 2.45) is 5.92 Å². The van der Waals surface area contributed by atoms with Crippen LogP contribution in [0.5, 0.6) is 11.5 Å². The Kier molecular flexibility index (Phi) is 3.96. The molecule has 146 valence electrons. The molecule has 0 bridgehead atoms. The minimum Gasteiger partial charge on any atom is -0.454 e. The van der Waals surface area contributed by atoms with Crippen LogP contribution < -0.4 is 20.1 Å². The summed E-state index contributed by atoms with van der Waals surface area (Å²) in [6.45, 7) is 2.88. The van der Waals surface area contributed by atoms with Gasteiger partial charge in [0.1, 0.15) is 17.6 Å². The van der Waals surface area contributed by atoms with E-state index < -0.39 is 35.5 Å². The molecule has 4 amide bonds. The van der Waals surface area contributed by atoms with E-state index in [0.717, 1.165) is 17.7 Å². The fourth-order valence-electron chi connectivity index (χ4n) is 3.60. The van der Waals surface area contributed by atoms with Crippen LogP contribution in [0.15, 0.2) is 18.2 Å². The molecule has 1 saturated heterocycles. The summed E-state index contributed by atoms with van der Waals surface area (Å²) in [5.41, 5.74) is -1.79. The lowest BCUT2D eigenvalue weighted by molar-refractivity contribution is -0.135. The second-order valence-electron chi connectivity index (χ2n) is 7.65. The predicted octanol–water partition coefficient (Wildman–Crippen LogP) is 0.991. The molecule has 2 aliphatic heterocycles. The van der Waals surface area contributed by atoms with Crippen molar-refractivity contribution in [2.75, 3.05) is 13.3 Å². The molecule has 0 unspecified atom stereocenters. The van der Waals surface area contributed by atoms with Gasteiger partial charge in [0.2, 0.25) is 12.7 Å². The molecule has 1 saturated carbocycles. The zero-order chi connectivity index (χ0) is 20.1. The number of nitrogens with zero attached hydrogens (tertiary/aromatic N) is 2. The number of hydrogen-bond donors (Lipinski definition) is 2. The normalized spacial score (nSPS) is 25.1. The number of nitrogens with one attached hydrogen (secondary N) is 2. The third-order valence-corrected chi connectivity index (χ3v) is 5.55. The first-order valence-electron chi connectivity index (χ1n) is 9.03. The van der Waals surface area contributed by atoms with Crippen LogP contribution in [0.25, 0.3) is 0 Å². The van der Waals surface area contributed by atoms with Crippen LogP contribution >= 0.6 is 0 Å². The third kappa shape index (κ3) is 2.81. The van der Waals surface area contributed by atoms with Crippen molar-refractivity contribution in [3.8, 4) is 17.6 Å². The van der Waals surface area contributed by atoms with Gasteiger partial charge in [0, 0.05) is 0 Å². The van der Waals surface area contributed by atoms with Crippen molar-refractivity contribution < 1.29 is 23.9 Å². The van der Waals surface area contributed by atoms with E-state index in [1.54, 1.807) is 32.0 Å². The number of carbonyl (C=O) groups is 3. The number of ether oxygens (including phenoxy) is 2. The number of hydrogen-bond acceptors (Lipinski definition) is 6. The molecule has 2 N–H and O–H groups in total. The highest BCUT2D eigenvalue weighted by molar-refractivity contribution is 6.09. The van der Waals surface area contributed by atoms with Gasteiger partial charge in [-0.25, -0.2) is 4.79 Å². The highest BCUT2D eigenvalue weighted by Crippen LogP contribution is 2.39. The summed E-state index contributed by atoms with van der Waals surface area (Å²) in [5.74, 6) is 0.0665. The molecule has 0 spiro atoms. The van der Waals surface area contributed by atoms with E-state index in [-0.39, 0.29) is 12.7 Å². The van der Waals surface area contributed by atoms with Crippen LogP contribution in [0.4, 0.5) is 4.79 Å². The second kappa shape index (κ2) is 6.12. The molecule has 9 nitrogen and oxygen atoms in total. The first-order valence-corrected chi connectivity index (χ1v) is 9.03. The molecule has 2 atom stereocenters. The molecule has 2 fully saturated rings. The molecule has 1 aliphatic carbocycles. The lowest BCUT2D eigenvalue weighted by Gasteiger charge is -2.25. The summed E-state index contributed by atoms with van der Waals surface area (Å²) in [4.78, 5) is 38.7. The smallest absolute Gasteiger partial charge is 0.325 e. The average Bonchev–Trinajstić information content (AvgIpc) is 3.38. The molecule has 9 heteroatoms. The Morgan fingerprint density at radius 3 is 2.79 bits per heavy atom. The molecular weight excluding hydrogens is 364 g/mol. The van der Waals surface area contributed by atoms with E-state index >= 15 is 0 Å². The summed E-state index contributed by atoms with van der Waals surface area (Å²) >= 11 is 0. The van der Waals surface area contributed by atoms with Gasteiger partial charge in [0.25, 0.3) is 5.91 Å². The van der Waals surface area contributed by atoms with Gasteiger partial charge in [0.05, 0.1) is 6.07 Å². The van der Waals surface area contributed by atoms with Crippen molar-refractivity contribution in [3.05, 3.63) is 23.8 Å². The first kappa shape index (κ1) is 18.1. The van der Waals surface area contributed by atoms with E-state index in [1.165, 1.54) is 0 Å². The fraction of sp³-hybridized carbons (Fsp3) is 0.474. The molecule has 28 heavy (non-hydrogen) atoms. The van der Waals surface area contributed by atoms with Crippen LogP contribution in [0.2, 0.25) is 0 Å². The summed E-state index contributed by atoms with van der Waals surface area (Å²) in [6.07, 6.45) is 1.74. The summed E-state index contributed by atoms with van der Waals surface area (Å²) < 4.78 is 10.6. The van der Waals surface area contributed by atoms with Gasteiger partial charge in [-0.1, -0.05) is 6.07 Å². The monoisotopic (exact) mass is 384 g/mol. The number of fused-ring (bicyclic) bond motifs is 1. The van der Waals surface area contributed by atoms with Crippen molar-refractivity contribution in [2.45, 2.75) is 37.8 Å². The SMILES string of the molecule is C[C@](C#N)(NC(=O)CN1C(=O)N[C@@](C)(c2ccc3c(c2)OCO3)C1=O)C1CC1. The standard InChI is InChI=1S/C19H20N4O5/c1-18(9-20,11-3-4-11)21-15(24)8-23-16(25)19(2,22-17(23)26)12-5-6-13-14(7-12)28-10-27-13/h5-7,11H,3-4,8,10H2,1-2H3,(H,21,24)(H,22,26)/t18-,19+/m1/s1. The van der Waals surface area contributed by atoms with Gasteiger partial charge in [-0.3, -0.25) is 14.5 Å². The maximum atomic E-state index is 13.0. The molecule has 4 rings (SSSR count). The average molecular weight is 384 g/mol. The van der Waals surface area contributed by atoms with Crippen molar-refractivity contribution in [1.82, 2.24) is 15.5 Å². The zero-order valence-electron chi connectivity index (χ0n) is 15.6. The Balaban J connectivity index is 1.51.